The minimum Gasteiger partial charge on any atom is -0.455 e. The summed E-state index contributed by atoms with van der Waals surface area (Å²) >= 11 is 0. The lowest BCUT2D eigenvalue weighted by Crippen LogP contribution is -1.80. The van der Waals surface area contributed by atoms with Crippen LogP contribution in [0, 0.1) is 0 Å². The van der Waals surface area contributed by atoms with Crippen molar-refractivity contribution >= 4 is 33.0 Å². The maximum absolute atomic E-state index is 6.07. The molecule has 0 unspecified atom stereocenters. The largest absolute Gasteiger partial charge is 0.455 e. The number of furan rings is 1. The van der Waals surface area contributed by atoms with Crippen LogP contribution in [0.3, 0.4) is 0 Å². The van der Waals surface area contributed by atoms with Crippen LogP contribution in [0.5, 0.6) is 0 Å². The van der Waals surface area contributed by atoms with Crippen LogP contribution < -0.4 is 0 Å². The zero-order valence-corrected chi connectivity index (χ0v) is 11.7. The smallest absolute Gasteiger partial charge is 0.146 e. The molecule has 0 spiro atoms. The number of rotatable bonds is 1. The second kappa shape index (κ2) is 4.21. The summed E-state index contributed by atoms with van der Waals surface area (Å²) < 4.78 is 6.07. The van der Waals surface area contributed by atoms with Crippen molar-refractivity contribution in [2.45, 2.75) is 0 Å². The minimum atomic E-state index is 0.839. The third-order valence-electron chi connectivity index (χ3n) is 4.05. The zero-order chi connectivity index (χ0) is 14.5. The number of fused-ring (bicyclic) bond motifs is 4. The first-order chi connectivity index (χ1) is 10.9. The van der Waals surface area contributed by atoms with E-state index in [1.165, 1.54) is 0 Å². The van der Waals surface area contributed by atoms with E-state index >= 15 is 0 Å². The summed E-state index contributed by atoms with van der Waals surface area (Å²) in [6, 6.07) is 22.3. The van der Waals surface area contributed by atoms with Crippen molar-refractivity contribution < 1.29 is 4.42 Å². The van der Waals surface area contributed by atoms with Crippen LogP contribution in [0.25, 0.3) is 44.4 Å². The molecule has 2 heterocycles. The van der Waals surface area contributed by atoms with Gasteiger partial charge in [-0.15, -0.1) is 0 Å². The standard InChI is InChI=1S/C19H12N2O/c1-4-11-17-12(6-1)13-7-5-8-14(18(13)22-17)19-20-15-9-2-3-10-16(15)21-19/h1-11H,(H,20,21). The van der Waals surface area contributed by atoms with Crippen molar-refractivity contribution in [3.05, 3.63) is 66.7 Å². The number of nitrogens with one attached hydrogen (secondary N) is 1. The summed E-state index contributed by atoms with van der Waals surface area (Å²) in [5, 5.41) is 2.25. The van der Waals surface area contributed by atoms with Gasteiger partial charge in [0.25, 0.3) is 0 Å². The number of H-pyrrole nitrogens is 1. The van der Waals surface area contributed by atoms with Crippen molar-refractivity contribution in [3.8, 4) is 11.4 Å². The Balaban J connectivity index is 1.87. The first-order valence-corrected chi connectivity index (χ1v) is 7.25. The highest BCUT2D eigenvalue weighted by atomic mass is 16.3. The molecule has 0 saturated carbocycles. The van der Waals surface area contributed by atoms with Crippen molar-refractivity contribution in [3.63, 3.8) is 0 Å². The van der Waals surface area contributed by atoms with Gasteiger partial charge in [0, 0.05) is 10.8 Å². The topological polar surface area (TPSA) is 41.8 Å². The quantitative estimate of drug-likeness (QED) is 0.463. The molecular weight excluding hydrogens is 272 g/mol. The highest BCUT2D eigenvalue weighted by molar-refractivity contribution is 6.09. The third kappa shape index (κ3) is 1.53. The van der Waals surface area contributed by atoms with Gasteiger partial charge in [-0.05, 0) is 24.3 Å². The monoisotopic (exact) mass is 284 g/mol. The zero-order valence-electron chi connectivity index (χ0n) is 11.7. The summed E-state index contributed by atoms with van der Waals surface area (Å²) in [4.78, 5) is 8.06. The summed E-state index contributed by atoms with van der Waals surface area (Å²) in [7, 11) is 0. The predicted molar refractivity (Wildman–Crippen MR) is 88.8 cm³/mol. The Morgan fingerprint density at radius 3 is 2.55 bits per heavy atom. The van der Waals surface area contributed by atoms with E-state index in [0.29, 0.717) is 0 Å². The Morgan fingerprint density at radius 2 is 1.59 bits per heavy atom. The number of hydrogen-bond acceptors (Lipinski definition) is 2. The molecule has 5 rings (SSSR count). The van der Waals surface area contributed by atoms with Crippen LogP contribution in [0.15, 0.2) is 71.1 Å². The fourth-order valence-corrected chi connectivity index (χ4v) is 3.01. The van der Waals surface area contributed by atoms with E-state index in [9.17, 15) is 0 Å². The summed E-state index contributed by atoms with van der Waals surface area (Å²) in [6.45, 7) is 0. The average molecular weight is 284 g/mol. The van der Waals surface area contributed by atoms with Gasteiger partial charge >= 0.3 is 0 Å². The molecule has 3 heteroatoms. The summed E-state index contributed by atoms with van der Waals surface area (Å²) in [5.41, 5.74) is 4.77. The lowest BCUT2D eigenvalue weighted by molar-refractivity contribution is 0.669. The maximum Gasteiger partial charge on any atom is 0.146 e. The molecule has 0 amide bonds. The molecule has 0 saturated heterocycles. The van der Waals surface area contributed by atoms with E-state index in [1.54, 1.807) is 0 Å². The second-order valence-electron chi connectivity index (χ2n) is 5.38. The number of para-hydroxylation sites is 4. The maximum atomic E-state index is 6.07. The minimum absolute atomic E-state index is 0.839. The van der Waals surface area contributed by atoms with Gasteiger partial charge in [-0.2, -0.15) is 0 Å². The molecule has 104 valence electrons. The van der Waals surface area contributed by atoms with Crippen molar-refractivity contribution in [1.82, 2.24) is 9.97 Å². The molecule has 0 atom stereocenters. The molecule has 5 aromatic rings. The molecule has 3 nitrogen and oxygen atoms in total. The van der Waals surface area contributed by atoms with Crippen LogP contribution in [0.4, 0.5) is 0 Å². The normalized spacial score (nSPS) is 11.6. The fourth-order valence-electron chi connectivity index (χ4n) is 3.01. The Morgan fingerprint density at radius 1 is 0.773 bits per heavy atom. The SMILES string of the molecule is c1ccc2[nH]c(-c3cccc4c3oc3ccccc34)nc2c1. The summed E-state index contributed by atoms with van der Waals surface area (Å²) in [5.74, 6) is 0.839. The van der Waals surface area contributed by atoms with E-state index in [4.69, 9.17) is 4.42 Å². The van der Waals surface area contributed by atoms with Crippen molar-refractivity contribution in [2.24, 2.45) is 0 Å². The molecular formula is C19H12N2O. The van der Waals surface area contributed by atoms with Crippen LogP contribution in [-0.4, -0.2) is 9.97 Å². The second-order valence-corrected chi connectivity index (χ2v) is 5.38. The fraction of sp³-hybridized carbons (Fsp3) is 0. The van der Waals surface area contributed by atoms with Crippen LogP contribution in [0.1, 0.15) is 0 Å². The van der Waals surface area contributed by atoms with Gasteiger partial charge in [0.2, 0.25) is 0 Å². The first-order valence-electron chi connectivity index (χ1n) is 7.25. The highest BCUT2D eigenvalue weighted by Gasteiger charge is 2.14. The van der Waals surface area contributed by atoms with E-state index in [-0.39, 0.29) is 0 Å². The van der Waals surface area contributed by atoms with E-state index in [1.807, 2.05) is 54.6 Å². The lowest BCUT2D eigenvalue weighted by Gasteiger charge is -1.97. The Bertz CT molecular complexity index is 1100. The average Bonchev–Trinajstić information content (AvgIpc) is 3.15. The number of aromatic amines is 1. The van der Waals surface area contributed by atoms with Gasteiger partial charge in [0.15, 0.2) is 0 Å². The molecule has 1 N–H and O–H groups in total. The summed E-state index contributed by atoms with van der Waals surface area (Å²) in [6.07, 6.45) is 0. The van der Waals surface area contributed by atoms with E-state index < -0.39 is 0 Å². The van der Waals surface area contributed by atoms with E-state index in [2.05, 4.69) is 22.1 Å². The predicted octanol–water partition coefficient (Wildman–Crippen LogP) is 5.13. The molecule has 3 aromatic carbocycles. The van der Waals surface area contributed by atoms with Gasteiger partial charge < -0.3 is 9.40 Å². The van der Waals surface area contributed by atoms with Gasteiger partial charge in [-0.25, -0.2) is 4.98 Å². The number of benzene rings is 3. The van der Waals surface area contributed by atoms with Crippen LogP contribution >= 0.6 is 0 Å². The van der Waals surface area contributed by atoms with E-state index in [0.717, 1.165) is 44.4 Å². The molecule has 22 heavy (non-hydrogen) atoms. The van der Waals surface area contributed by atoms with Crippen molar-refractivity contribution in [2.75, 3.05) is 0 Å². The Kier molecular flexibility index (Phi) is 2.22. The third-order valence-corrected chi connectivity index (χ3v) is 4.05. The molecule has 0 bridgehead atoms. The molecule has 0 aliphatic carbocycles. The Hall–Kier alpha value is -3.07. The number of aromatic nitrogens is 2. The van der Waals surface area contributed by atoms with Crippen LogP contribution in [-0.2, 0) is 0 Å². The molecule has 0 fully saturated rings. The highest BCUT2D eigenvalue weighted by Crippen LogP contribution is 2.35. The molecule has 2 aromatic heterocycles. The first kappa shape index (κ1) is 11.6. The number of hydrogen-bond donors (Lipinski definition) is 1. The van der Waals surface area contributed by atoms with Crippen molar-refractivity contribution in [1.29, 1.82) is 0 Å². The molecule has 0 aliphatic heterocycles. The number of nitrogens with zero attached hydrogens (tertiary/aromatic N) is 1. The van der Waals surface area contributed by atoms with Gasteiger partial charge in [0.05, 0.1) is 16.6 Å². The molecule has 0 aliphatic rings. The Labute approximate surface area is 126 Å². The van der Waals surface area contributed by atoms with Gasteiger partial charge in [0.1, 0.15) is 17.0 Å². The lowest BCUT2D eigenvalue weighted by atomic mass is 10.1. The van der Waals surface area contributed by atoms with Gasteiger partial charge in [-0.1, -0.05) is 42.5 Å². The molecule has 0 radical (unpaired) electrons. The number of imidazole rings is 1. The van der Waals surface area contributed by atoms with Crippen LogP contribution in [0.2, 0.25) is 0 Å². The van der Waals surface area contributed by atoms with Gasteiger partial charge in [-0.3, -0.25) is 0 Å².